The van der Waals surface area contributed by atoms with E-state index in [9.17, 15) is 14.7 Å². The number of ether oxygens (including phenoxy) is 1. The average molecular weight is 318 g/mol. The Bertz CT molecular complexity index is 750. The minimum absolute atomic E-state index is 0.106. The van der Waals surface area contributed by atoms with Crippen LogP contribution in [0.1, 0.15) is 50.5 Å². The first-order valence-corrected chi connectivity index (χ1v) is 8.38. The van der Waals surface area contributed by atoms with Crippen molar-refractivity contribution in [3.8, 4) is 0 Å². The van der Waals surface area contributed by atoms with E-state index in [4.69, 9.17) is 9.15 Å². The fourth-order valence-corrected chi connectivity index (χ4v) is 5.39. The molecule has 1 saturated heterocycles. The van der Waals surface area contributed by atoms with Crippen LogP contribution in [-0.2, 0) is 27.8 Å². The summed E-state index contributed by atoms with van der Waals surface area (Å²) in [4.78, 5) is 24.5. The lowest BCUT2D eigenvalue weighted by Gasteiger charge is -2.53. The highest BCUT2D eigenvalue weighted by Gasteiger charge is 2.67. The van der Waals surface area contributed by atoms with Crippen molar-refractivity contribution in [3.05, 3.63) is 33.4 Å². The molecule has 2 fully saturated rings. The van der Waals surface area contributed by atoms with Crippen LogP contribution in [0.2, 0.25) is 0 Å². The van der Waals surface area contributed by atoms with E-state index in [0.717, 1.165) is 11.1 Å². The van der Waals surface area contributed by atoms with Crippen LogP contribution in [0.5, 0.6) is 0 Å². The maximum absolute atomic E-state index is 12.5. The number of hydrogen-bond acceptors (Lipinski definition) is 5. The molecule has 1 aromatic heterocycles. The summed E-state index contributed by atoms with van der Waals surface area (Å²) in [6.07, 6.45) is 1.48. The second kappa shape index (κ2) is 4.47. The molecule has 23 heavy (non-hydrogen) atoms. The van der Waals surface area contributed by atoms with Gasteiger partial charge in [0.25, 0.3) is 0 Å². The third-order valence-electron chi connectivity index (χ3n) is 6.51. The van der Waals surface area contributed by atoms with E-state index < -0.39 is 16.9 Å². The summed E-state index contributed by atoms with van der Waals surface area (Å²) in [6.45, 7) is 5.86. The van der Waals surface area contributed by atoms with E-state index >= 15 is 0 Å². The van der Waals surface area contributed by atoms with Crippen molar-refractivity contribution < 1.29 is 19.1 Å². The van der Waals surface area contributed by atoms with Crippen LogP contribution in [-0.4, -0.2) is 23.3 Å². The zero-order valence-electron chi connectivity index (χ0n) is 13.7. The molecule has 0 bridgehead atoms. The molecule has 2 aliphatic carbocycles. The van der Waals surface area contributed by atoms with Gasteiger partial charge in [0.15, 0.2) is 0 Å². The van der Waals surface area contributed by atoms with Crippen LogP contribution in [0.25, 0.3) is 0 Å². The third-order valence-corrected chi connectivity index (χ3v) is 6.51. The summed E-state index contributed by atoms with van der Waals surface area (Å²) in [6, 6.07) is 1.52. The maximum Gasteiger partial charge on any atom is 0.336 e. The molecule has 124 valence electrons. The predicted molar refractivity (Wildman–Crippen MR) is 82.1 cm³/mol. The van der Waals surface area contributed by atoms with Crippen molar-refractivity contribution in [2.75, 3.05) is 0 Å². The molecule has 5 nitrogen and oxygen atoms in total. The molecule has 0 radical (unpaired) electrons. The highest BCUT2D eigenvalue weighted by atomic mass is 16.6. The topological polar surface area (TPSA) is 76.7 Å². The zero-order valence-corrected chi connectivity index (χ0v) is 13.7. The lowest BCUT2D eigenvalue weighted by molar-refractivity contribution is -0.149. The summed E-state index contributed by atoms with van der Waals surface area (Å²) in [5.41, 5.74) is 0.165. The molecule has 2 heterocycles. The smallest absolute Gasteiger partial charge is 0.336 e. The molecule has 1 unspecified atom stereocenters. The number of fused-ring (bicyclic) bond motifs is 2. The van der Waals surface area contributed by atoms with Gasteiger partial charge in [-0.05, 0) is 30.9 Å². The number of aliphatic hydroxyl groups is 1. The second-order valence-corrected chi connectivity index (χ2v) is 7.61. The van der Waals surface area contributed by atoms with E-state index in [1.807, 2.05) is 20.8 Å². The molecule has 1 N–H and O–H groups in total. The molecular weight excluding hydrogens is 296 g/mol. The molecule has 5 atom stereocenters. The standard InChI is InChI=1S/C18H22O5/c1-4-11-9-7-12-15-17(2,16(21)23-12)6-5-13(19)18(15,3)10(9)8-14(20)22-11/h8,12-13,15,19H,4-7H2,1-3H3/t12-,13?,15+,17+,18+/m1/s1. The van der Waals surface area contributed by atoms with Gasteiger partial charge in [-0.1, -0.05) is 13.8 Å². The van der Waals surface area contributed by atoms with E-state index in [-0.39, 0.29) is 23.6 Å². The van der Waals surface area contributed by atoms with Crippen molar-refractivity contribution in [1.82, 2.24) is 0 Å². The first-order chi connectivity index (χ1) is 10.8. The van der Waals surface area contributed by atoms with Crippen LogP contribution < -0.4 is 5.63 Å². The Morgan fingerprint density at radius 3 is 2.78 bits per heavy atom. The Hall–Kier alpha value is -1.62. The summed E-state index contributed by atoms with van der Waals surface area (Å²) in [7, 11) is 0. The molecule has 4 rings (SSSR count). The minimum atomic E-state index is -0.655. The number of aryl methyl sites for hydroxylation is 1. The lowest BCUT2D eigenvalue weighted by Crippen LogP contribution is -2.59. The number of carbonyl (C=O) groups excluding carboxylic acids is 1. The zero-order chi connectivity index (χ0) is 16.6. The Morgan fingerprint density at radius 2 is 2.09 bits per heavy atom. The van der Waals surface area contributed by atoms with Gasteiger partial charge in [-0.3, -0.25) is 4.79 Å². The number of rotatable bonds is 1. The Labute approximate surface area is 134 Å². The van der Waals surface area contributed by atoms with Crippen molar-refractivity contribution in [1.29, 1.82) is 0 Å². The van der Waals surface area contributed by atoms with Crippen LogP contribution in [0.4, 0.5) is 0 Å². The number of aliphatic hydroxyl groups excluding tert-OH is 1. The highest BCUT2D eigenvalue weighted by molar-refractivity contribution is 5.80. The molecular formula is C18H22O5. The van der Waals surface area contributed by atoms with Crippen molar-refractivity contribution >= 4 is 5.97 Å². The quantitative estimate of drug-likeness (QED) is 0.798. The molecule has 0 spiro atoms. The molecule has 1 saturated carbocycles. The predicted octanol–water partition coefficient (Wildman–Crippen LogP) is 1.72. The SMILES string of the molecule is CCc1oc(=O)cc2c1C[C@H]1OC(=O)[C@@]3(C)CCC(O)[C@@]2(C)[C@@H]13. The molecule has 0 aromatic carbocycles. The minimum Gasteiger partial charge on any atom is -0.461 e. The largest absolute Gasteiger partial charge is 0.461 e. The summed E-state index contributed by atoms with van der Waals surface area (Å²) < 4.78 is 11.1. The average Bonchev–Trinajstić information content (AvgIpc) is 2.76. The molecule has 3 aliphatic rings. The molecule has 1 aliphatic heterocycles. The highest BCUT2D eigenvalue weighted by Crippen LogP contribution is 2.61. The Kier molecular flexibility index (Phi) is 2.90. The number of carbonyl (C=O) groups is 1. The van der Waals surface area contributed by atoms with Gasteiger partial charge >= 0.3 is 11.6 Å². The summed E-state index contributed by atoms with van der Waals surface area (Å²) in [5.74, 6) is 0.371. The summed E-state index contributed by atoms with van der Waals surface area (Å²) >= 11 is 0. The van der Waals surface area contributed by atoms with Crippen LogP contribution in [0.15, 0.2) is 15.3 Å². The van der Waals surface area contributed by atoms with Crippen molar-refractivity contribution in [3.63, 3.8) is 0 Å². The lowest BCUT2D eigenvalue weighted by atomic mass is 9.49. The van der Waals surface area contributed by atoms with E-state index in [0.29, 0.717) is 31.4 Å². The van der Waals surface area contributed by atoms with Gasteiger partial charge in [0.2, 0.25) is 0 Å². The van der Waals surface area contributed by atoms with Gasteiger partial charge < -0.3 is 14.3 Å². The van der Waals surface area contributed by atoms with E-state index in [1.165, 1.54) is 6.07 Å². The van der Waals surface area contributed by atoms with Crippen molar-refractivity contribution in [2.45, 2.75) is 64.1 Å². The second-order valence-electron chi connectivity index (χ2n) is 7.61. The van der Waals surface area contributed by atoms with E-state index in [1.54, 1.807) is 0 Å². The van der Waals surface area contributed by atoms with Gasteiger partial charge in [-0.25, -0.2) is 4.79 Å². The third kappa shape index (κ3) is 1.66. The van der Waals surface area contributed by atoms with Crippen LogP contribution in [0.3, 0.4) is 0 Å². The first kappa shape index (κ1) is 14.9. The van der Waals surface area contributed by atoms with Gasteiger partial charge in [-0.15, -0.1) is 0 Å². The molecule has 5 heteroatoms. The van der Waals surface area contributed by atoms with Gasteiger partial charge in [-0.2, -0.15) is 0 Å². The first-order valence-electron chi connectivity index (χ1n) is 8.38. The molecule has 1 aromatic rings. The fraction of sp³-hybridized carbons (Fsp3) is 0.667. The van der Waals surface area contributed by atoms with Crippen LogP contribution in [0, 0.1) is 11.3 Å². The van der Waals surface area contributed by atoms with Gasteiger partial charge in [0, 0.05) is 30.2 Å². The maximum atomic E-state index is 12.5. The monoisotopic (exact) mass is 318 g/mol. The number of hydrogen-bond donors (Lipinski definition) is 1. The van der Waals surface area contributed by atoms with Crippen molar-refractivity contribution in [2.24, 2.45) is 11.3 Å². The van der Waals surface area contributed by atoms with Gasteiger partial charge in [0.1, 0.15) is 11.9 Å². The fourth-order valence-electron chi connectivity index (χ4n) is 5.39. The Morgan fingerprint density at radius 1 is 1.35 bits per heavy atom. The molecule has 0 amide bonds. The van der Waals surface area contributed by atoms with E-state index in [2.05, 4.69) is 0 Å². The normalized spacial score (nSPS) is 41.2. The number of esters is 1. The van der Waals surface area contributed by atoms with Crippen LogP contribution >= 0.6 is 0 Å². The van der Waals surface area contributed by atoms with Gasteiger partial charge in [0.05, 0.1) is 11.5 Å². The summed E-state index contributed by atoms with van der Waals surface area (Å²) in [5, 5.41) is 10.8. The Balaban J connectivity index is 2.01.